The minimum absolute atomic E-state index is 0.142. The number of benzene rings is 1. The molecule has 2 N–H and O–H groups in total. The lowest BCUT2D eigenvalue weighted by molar-refractivity contribution is 0.0498. The lowest BCUT2D eigenvalue weighted by Crippen LogP contribution is -2.53. The number of anilines is 1. The summed E-state index contributed by atoms with van der Waals surface area (Å²) in [4.78, 5) is 47.9. The summed E-state index contributed by atoms with van der Waals surface area (Å²) in [7, 11) is 1.51. The summed E-state index contributed by atoms with van der Waals surface area (Å²) in [5.74, 6) is 0.719. The van der Waals surface area contributed by atoms with Gasteiger partial charge in [-0.25, -0.2) is 9.78 Å². The van der Waals surface area contributed by atoms with Crippen LogP contribution in [0.5, 0.6) is 5.75 Å². The monoisotopic (exact) mass is 632 g/mol. The molecule has 11 nitrogen and oxygen atoms in total. The number of H-pyrrole nitrogens is 1. The summed E-state index contributed by atoms with van der Waals surface area (Å²) in [5, 5.41) is 12.9. The highest BCUT2D eigenvalue weighted by molar-refractivity contribution is 14.1. The van der Waals surface area contributed by atoms with Gasteiger partial charge in [0.25, 0.3) is 5.56 Å². The third-order valence-electron chi connectivity index (χ3n) is 6.11. The molecule has 1 aliphatic heterocycles. The number of amides is 1. The average molecular weight is 632 g/mol. The molecule has 1 amide bonds. The van der Waals surface area contributed by atoms with Crippen LogP contribution < -0.4 is 20.5 Å². The van der Waals surface area contributed by atoms with Crippen LogP contribution in [0.4, 0.5) is 10.6 Å². The van der Waals surface area contributed by atoms with Crippen LogP contribution in [0.15, 0.2) is 35.4 Å². The second-order valence-corrected chi connectivity index (χ2v) is 11.3. The number of aromatic amines is 1. The Labute approximate surface area is 233 Å². The zero-order valence-corrected chi connectivity index (χ0v) is 23.7. The van der Waals surface area contributed by atoms with Crippen LogP contribution >= 0.6 is 22.6 Å². The number of carbonyl (C=O) groups is 2. The number of ketones is 1. The molecule has 1 aromatic carbocycles. The number of fused-ring (bicyclic) bond motifs is 1. The standard InChI is InChI=1S/C26H29IN6O5/c1-26(2,3)38-25(36)30-18-9-6-10-33(22(18)27)23-17(12-28)20-21(31-23)24(35)32(14-29-20)13-19(34)15-7-5-8-16(11-15)37-4/h5,7-8,11,14,18,22,31H,6,9-10,13H2,1-4H3,(H,30,36). The van der Waals surface area contributed by atoms with Crippen molar-refractivity contribution in [3.8, 4) is 11.8 Å². The van der Waals surface area contributed by atoms with Crippen molar-refractivity contribution in [3.05, 3.63) is 52.1 Å². The summed E-state index contributed by atoms with van der Waals surface area (Å²) in [6.45, 7) is 5.80. The molecule has 0 saturated carbocycles. The van der Waals surface area contributed by atoms with E-state index in [1.807, 2.05) is 4.90 Å². The zero-order valence-electron chi connectivity index (χ0n) is 21.6. The van der Waals surface area contributed by atoms with Gasteiger partial charge in [0.2, 0.25) is 0 Å². The van der Waals surface area contributed by atoms with E-state index in [1.165, 1.54) is 18.0 Å². The number of aromatic nitrogens is 3. The normalized spacial score (nSPS) is 17.6. The maximum Gasteiger partial charge on any atom is 0.407 e. The number of halogens is 1. The number of piperidine rings is 1. The fourth-order valence-corrected chi connectivity index (χ4v) is 5.45. The Kier molecular flexibility index (Phi) is 7.96. The summed E-state index contributed by atoms with van der Waals surface area (Å²) >= 11 is 2.22. The SMILES string of the molecule is COc1cccc(C(=O)Cn2cnc3c(C#N)c(N4CCCC(NC(=O)OC(C)(C)C)C4I)[nH]c3c2=O)c1. The topological polar surface area (TPSA) is 142 Å². The lowest BCUT2D eigenvalue weighted by Gasteiger charge is -2.39. The zero-order chi connectivity index (χ0) is 27.6. The molecule has 2 aromatic heterocycles. The van der Waals surface area contributed by atoms with Gasteiger partial charge in [0.05, 0.1) is 26.0 Å². The molecule has 12 heteroatoms. The number of alkyl carbamates (subject to hydrolysis) is 1. The van der Waals surface area contributed by atoms with Crippen LogP contribution in [0.3, 0.4) is 0 Å². The molecule has 2 atom stereocenters. The number of nitrogens with one attached hydrogen (secondary N) is 2. The minimum atomic E-state index is -0.621. The molecular formula is C26H29IN6O5. The van der Waals surface area contributed by atoms with Crippen LogP contribution in [0.2, 0.25) is 0 Å². The predicted octanol–water partition coefficient (Wildman–Crippen LogP) is 3.74. The van der Waals surface area contributed by atoms with Gasteiger partial charge >= 0.3 is 6.09 Å². The van der Waals surface area contributed by atoms with Crippen molar-refractivity contribution in [2.75, 3.05) is 18.6 Å². The highest BCUT2D eigenvalue weighted by Gasteiger charge is 2.34. The summed E-state index contributed by atoms with van der Waals surface area (Å²) in [6, 6.07) is 8.63. The van der Waals surface area contributed by atoms with E-state index in [9.17, 15) is 19.6 Å². The van der Waals surface area contributed by atoms with Crippen molar-refractivity contribution < 1.29 is 19.1 Å². The first-order chi connectivity index (χ1) is 18.0. The number of nitriles is 1. The van der Waals surface area contributed by atoms with E-state index < -0.39 is 17.3 Å². The quantitative estimate of drug-likeness (QED) is 0.181. The number of hydrogen-bond donors (Lipinski definition) is 2. The second kappa shape index (κ2) is 11.0. The summed E-state index contributed by atoms with van der Waals surface area (Å²) in [6.07, 6.45) is 2.27. The highest BCUT2D eigenvalue weighted by Crippen LogP contribution is 2.33. The maximum atomic E-state index is 13.3. The molecule has 3 aromatic rings. The van der Waals surface area contributed by atoms with E-state index >= 15 is 0 Å². The molecule has 1 aliphatic rings. The van der Waals surface area contributed by atoms with Gasteiger partial charge in [-0.15, -0.1) is 0 Å². The number of hydrogen-bond acceptors (Lipinski definition) is 8. The Hall–Kier alpha value is -3.60. The van der Waals surface area contributed by atoms with Gasteiger partial charge < -0.3 is 24.7 Å². The van der Waals surface area contributed by atoms with Gasteiger partial charge in [-0.05, 0) is 45.7 Å². The van der Waals surface area contributed by atoms with Crippen LogP contribution in [-0.2, 0) is 11.3 Å². The number of alkyl halides is 1. The van der Waals surface area contributed by atoms with Crippen molar-refractivity contribution in [1.82, 2.24) is 19.9 Å². The number of Topliss-reactive ketones (excluding diaryl/α,β-unsaturated/α-hetero) is 1. The Morgan fingerprint density at radius 2 is 2.11 bits per heavy atom. The average Bonchev–Trinajstić information content (AvgIpc) is 3.25. The van der Waals surface area contributed by atoms with E-state index in [-0.39, 0.29) is 39.0 Å². The van der Waals surface area contributed by atoms with Crippen molar-refractivity contribution in [2.24, 2.45) is 0 Å². The van der Waals surface area contributed by atoms with Crippen molar-refractivity contribution >= 4 is 51.3 Å². The molecule has 1 saturated heterocycles. The van der Waals surface area contributed by atoms with Gasteiger partial charge in [-0.3, -0.25) is 14.2 Å². The van der Waals surface area contributed by atoms with Crippen molar-refractivity contribution in [3.63, 3.8) is 0 Å². The Bertz CT molecular complexity index is 1470. The van der Waals surface area contributed by atoms with Crippen LogP contribution in [0.25, 0.3) is 11.0 Å². The molecule has 2 unspecified atom stereocenters. The fraction of sp³-hybridized carbons (Fsp3) is 0.423. The Balaban J connectivity index is 1.62. The lowest BCUT2D eigenvalue weighted by atomic mass is 10.1. The van der Waals surface area contributed by atoms with Gasteiger partial charge in [0.15, 0.2) is 5.78 Å². The molecule has 0 aliphatic carbocycles. The van der Waals surface area contributed by atoms with E-state index in [4.69, 9.17) is 9.47 Å². The smallest absolute Gasteiger partial charge is 0.407 e. The molecule has 200 valence electrons. The van der Waals surface area contributed by atoms with Gasteiger partial charge in [-0.2, -0.15) is 5.26 Å². The van der Waals surface area contributed by atoms with Crippen LogP contribution in [-0.4, -0.2) is 55.8 Å². The van der Waals surface area contributed by atoms with E-state index in [1.54, 1.807) is 45.0 Å². The molecule has 38 heavy (non-hydrogen) atoms. The second-order valence-electron chi connectivity index (χ2n) is 9.98. The van der Waals surface area contributed by atoms with Gasteiger partial charge in [-0.1, -0.05) is 34.7 Å². The van der Waals surface area contributed by atoms with Crippen molar-refractivity contribution in [1.29, 1.82) is 5.26 Å². The summed E-state index contributed by atoms with van der Waals surface area (Å²) in [5.41, 5.74) is -0.0517. The van der Waals surface area contributed by atoms with Crippen LogP contribution in [0, 0.1) is 11.3 Å². The Morgan fingerprint density at radius 1 is 1.34 bits per heavy atom. The molecule has 0 spiro atoms. The third kappa shape index (κ3) is 5.77. The van der Waals surface area contributed by atoms with E-state index in [0.717, 1.165) is 12.8 Å². The van der Waals surface area contributed by atoms with E-state index in [0.29, 0.717) is 23.7 Å². The highest BCUT2D eigenvalue weighted by atomic mass is 127. The van der Waals surface area contributed by atoms with Crippen molar-refractivity contribution in [2.45, 2.75) is 55.8 Å². The first-order valence-electron chi connectivity index (χ1n) is 12.1. The van der Waals surface area contributed by atoms with E-state index in [2.05, 4.69) is 43.9 Å². The Morgan fingerprint density at radius 3 is 2.79 bits per heavy atom. The largest absolute Gasteiger partial charge is 0.497 e. The fourth-order valence-electron chi connectivity index (χ4n) is 4.36. The molecule has 3 heterocycles. The molecule has 0 bridgehead atoms. The number of carbonyl (C=O) groups excluding carboxylic acids is 2. The predicted molar refractivity (Wildman–Crippen MR) is 150 cm³/mol. The minimum Gasteiger partial charge on any atom is -0.497 e. The third-order valence-corrected chi connectivity index (χ3v) is 7.65. The summed E-state index contributed by atoms with van der Waals surface area (Å²) < 4.78 is 11.6. The molecule has 4 rings (SSSR count). The molecule has 0 radical (unpaired) electrons. The van der Waals surface area contributed by atoms with Gasteiger partial charge in [0.1, 0.15) is 43.9 Å². The number of nitrogens with zero attached hydrogens (tertiary/aromatic N) is 4. The maximum absolute atomic E-state index is 13.3. The first-order valence-corrected chi connectivity index (χ1v) is 13.4. The van der Waals surface area contributed by atoms with Crippen LogP contribution in [0.1, 0.15) is 49.5 Å². The number of methoxy groups -OCH3 is 1. The number of rotatable bonds is 6. The molecule has 1 fully saturated rings. The first kappa shape index (κ1) is 27.4. The molecular weight excluding hydrogens is 603 g/mol. The van der Waals surface area contributed by atoms with Gasteiger partial charge in [0, 0.05) is 12.1 Å². The number of ether oxygens (including phenoxy) is 2.